The number of carbonyl (C=O) groups is 1. The molecule has 0 unspecified atom stereocenters. The number of ether oxygens (including phenoxy) is 2. The molecule has 2 rings (SSSR count). The molecule has 0 aromatic heterocycles. The van der Waals surface area contributed by atoms with Crippen LogP contribution in [0.25, 0.3) is 0 Å². The van der Waals surface area contributed by atoms with Gasteiger partial charge in [-0.1, -0.05) is 38.4 Å². The fraction of sp³-hybridized carbons (Fsp3) is 0.409. The van der Waals surface area contributed by atoms with E-state index >= 15 is 0 Å². The van der Waals surface area contributed by atoms with Gasteiger partial charge >= 0.3 is 0 Å². The van der Waals surface area contributed by atoms with Gasteiger partial charge in [0.2, 0.25) is 0 Å². The van der Waals surface area contributed by atoms with Crippen molar-refractivity contribution in [3.8, 4) is 11.5 Å². The molecule has 0 heterocycles. The Hall–Kier alpha value is -2.45. The highest BCUT2D eigenvalue weighted by molar-refractivity contribution is 7.92. The number of rotatable bonds is 8. The quantitative estimate of drug-likeness (QED) is 0.589. The monoisotopic (exact) mass is 468 g/mol. The SMILES string of the molecule is COc1cc(OC)c(NS(=O)(=O)c2ccc(C)c(C(=O)NCCC(C)(C)C)c2)cc1Cl. The fourth-order valence-electron chi connectivity index (χ4n) is 2.80. The summed E-state index contributed by atoms with van der Waals surface area (Å²) in [5.74, 6) is 0.284. The van der Waals surface area contributed by atoms with Gasteiger partial charge in [0.25, 0.3) is 15.9 Å². The van der Waals surface area contributed by atoms with Crippen LogP contribution >= 0.6 is 11.6 Å². The Morgan fingerprint density at radius 1 is 1.06 bits per heavy atom. The maximum Gasteiger partial charge on any atom is 0.262 e. The number of hydrogen-bond donors (Lipinski definition) is 2. The first-order valence-corrected chi connectivity index (χ1v) is 11.6. The summed E-state index contributed by atoms with van der Waals surface area (Å²) in [5, 5.41) is 3.08. The Morgan fingerprint density at radius 3 is 2.29 bits per heavy atom. The predicted molar refractivity (Wildman–Crippen MR) is 123 cm³/mol. The van der Waals surface area contributed by atoms with Crippen molar-refractivity contribution in [2.45, 2.75) is 39.0 Å². The summed E-state index contributed by atoms with van der Waals surface area (Å²) in [4.78, 5) is 12.6. The predicted octanol–water partition coefficient (Wildman–Crippen LogP) is 4.63. The highest BCUT2D eigenvalue weighted by Gasteiger charge is 2.21. The van der Waals surface area contributed by atoms with Gasteiger partial charge in [-0.15, -0.1) is 0 Å². The van der Waals surface area contributed by atoms with Crippen molar-refractivity contribution < 1.29 is 22.7 Å². The zero-order chi connectivity index (χ0) is 23.4. The van der Waals surface area contributed by atoms with Crippen molar-refractivity contribution in [1.29, 1.82) is 0 Å². The maximum absolute atomic E-state index is 13.0. The minimum atomic E-state index is -4.01. The molecule has 0 atom stereocenters. The van der Waals surface area contributed by atoms with Gasteiger partial charge < -0.3 is 14.8 Å². The molecule has 9 heteroatoms. The number of nitrogens with one attached hydrogen (secondary N) is 2. The van der Waals surface area contributed by atoms with Gasteiger partial charge in [0.05, 0.1) is 29.8 Å². The molecule has 0 fully saturated rings. The number of anilines is 1. The van der Waals surface area contributed by atoms with Crippen LogP contribution in [-0.4, -0.2) is 35.1 Å². The first-order chi connectivity index (χ1) is 14.4. The molecule has 2 aromatic rings. The third kappa shape index (κ3) is 6.51. The Morgan fingerprint density at radius 2 is 1.71 bits per heavy atom. The topological polar surface area (TPSA) is 93.7 Å². The number of amides is 1. The number of carbonyl (C=O) groups excluding carboxylic acids is 1. The Labute approximate surface area is 189 Å². The molecule has 0 radical (unpaired) electrons. The van der Waals surface area contributed by atoms with Gasteiger partial charge in [0, 0.05) is 18.2 Å². The first kappa shape index (κ1) is 24.8. The van der Waals surface area contributed by atoms with E-state index in [4.69, 9.17) is 21.1 Å². The van der Waals surface area contributed by atoms with E-state index in [0.29, 0.717) is 23.4 Å². The van der Waals surface area contributed by atoms with E-state index in [1.165, 1.54) is 38.5 Å². The molecule has 0 aliphatic carbocycles. The van der Waals surface area contributed by atoms with E-state index in [1.807, 2.05) is 0 Å². The molecule has 0 aliphatic heterocycles. The van der Waals surface area contributed by atoms with Crippen LogP contribution in [-0.2, 0) is 10.0 Å². The molecule has 0 saturated heterocycles. The van der Waals surface area contributed by atoms with Crippen LogP contribution in [0.3, 0.4) is 0 Å². The van der Waals surface area contributed by atoms with Crippen molar-refractivity contribution in [3.63, 3.8) is 0 Å². The van der Waals surface area contributed by atoms with E-state index in [2.05, 4.69) is 30.8 Å². The molecular formula is C22H29ClN2O5S. The number of methoxy groups -OCH3 is 2. The Balaban J connectivity index is 2.31. The second-order valence-corrected chi connectivity index (χ2v) is 10.4. The molecule has 0 aliphatic rings. The van der Waals surface area contributed by atoms with E-state index in [1.54, 1.807) is 13.0 Å². The van der Waals surface area contributed by atoms with Crippen molar-refractivity contribution in [3.05, 3.63) is 46.5 Å². The molecule has 1 amide bonds. The van der Waals surface area contributed by atoms with Crippen LogP contribution < -0.4 is 19.5 Å². The smallest absolute Gasteiger partial charge is 0.262 e. The number of halogens is 1. The van der Waals surface area contributed by atoms with E-state index in [0.717, 1.165) is 6.42 Å². The largest absolute Gasteiger partial charge is 0.495 e. The minimum absolute atomic E-state index is 0.0481. The summed E-state index contributed by atoms with van der Waals surface area (Å²) in [6, 6.07) is 7.31. The molecule has 2 N–H and O–H groups in total. The zero-order valence-corrected chi connectivity index (χ0v) is 20.2. The van der Waals surface area contributed by atoms with Gasteiger partial charge in [-0.2, -0.15) is 0 Å². The van der Waals surface area contributed by atoms with Crippen LogP contribution in [0.4, 0.5) is 5.69 Å². The van der Waals surface area contributed by atoms with Crippen LogP contribution in [0.2, 0.25) is 5.02 Å². The highest BCUT2D eigenvalue weighted by atomic mass is 35.5. The lowest BCUT2D eigenvalue weighted by Crippen LogP contribution is -2.28. The third-order valence-corrected chi connectivity index (χ3v) is 6.30. The average Bonchev–Trinajstić information content (AvgIpc) is 2.67. The molecule has 170 valence electrons. The molecule has 0 saturated carbocycles. The van der Waals surface area contributed by atoms with E-state index < -0.39 is 10.0 Å². The number of sulfonamides is 1. The highest BCUT2D eigenvalue weighted by Crippen LogP contribution is 2.37. The summed E-state index contributed by atoms with van der Waals surface area (Å²) >= 11 is 6.13. The van der Waals surface area contributed by atoms with Crippen molar-refractivity contribution in [2.75, 3.05) is 25.5 Å². The lowest BCUT2D eigenvalue weighted by atomic mass is 9.92. The van der Waals surface area contributed by atoms with Crippen LogP contribution in [0.15, 0.2) is 35.2 Å². The van der Waals surface area contributed by atoms with Gasteiger partial charge in [-0.05, 0) is 42.5 Å². The summed E-state index contributed by atoms with van der Waals surface area (Å²) in [6.45, 7) is 8.52. The molecule has 0 spiro atoms. The lowest BCUT2D eigenvalue weighted by Gasteiger charge is -2.18. The normalized spacial score (nSPS) is 11.7. The summed E-state index contributed by atoms with van der Waals surface area (Å²) < 4.78 is 38.8. The average molecular weight is 469 g/mol. The number of aryl methyl sites for hydroxylation is 1. The van der Waals surface area contributed by atoms with Gasteiger partial charge in [-0.25, -0.2) is 8.42 Å². The minimum Gasteiger partial charge on any atom is -0.495 e. The van der Waals surface area contributed by atoms with Crippen molar-refractivity contribution in [2.24, 2.45) is 5.41 Å². The van der Waals surface area contributed by atoms with Crippen LogP contribution in [0.5, 0.6) is 11.5 Å². The second kappa shape index (κ2) is 9.78. The lowest BCUT2D eigenvalue weighted by molar-refractivity contribution is 0.0948. The Kier molecular flexibility index (Phi) is 7.83. The van der Waals surface area contributed by atoms with Gasteiger partial charge in [-0.3, -0.25) is 9.52 Å². The summed E-state index contributed by atoms with van der Waals surface area (Å²) in [7, 11) is -1.15. The molecule has 31 heavy (non-hydrogen) atoms. The molecule has 2 aromatic carbocycles. The summed E-state index contributed by atoms with van der Waals surface area (Å²) in [6.07, 6.45) is 0.801. The third-order valence-electron chi connectivity index (χ3n) is 4.64. The molecular weight excluding hydrogens is 440 g/mol. The van der Waals surface area contributed by atoms with E-state index in [-0.39, 0.29) is 32.7 Å². The Bertz CT molecular complexity index is 1060. The summed E-state index contributed by atoms with van der Waals surface area (Å²) in [5.41, 5.74) is 1.22. The van der Waals surface area contributed by atoms with Crippen LogP contribution in [0.1, 0.15) is 43.1 Å². The number of hydrogen-bond acceptors (Lipinski definition) is 5. The van der Waals surface area contributed by atoms with Crippen LogP contribution in [0, 0.1) is 12.3 Å². The second-order valence-electron chi connectivity index (χ2n) is 8.34. The number of benzene rings is 2. The molecule has 7 nitrogen and oxygen atoms in total. The first-order valence-electron chi connectivity index (χ1n) is 9.71. The molecule has 0 bridgehead atoms. The van der Waals surface area contributed by atoms with E-state index in [9.17, 15) is 13.2 Å². The van der Waals surface area contributed by atoms with Crippen molar-refractivity contribution in [1.82, 2.24) is 5.32 Å². The zero-order valence-electron chi connectivity index (χ0n) is 18.6. The van der Waals surface area contributed by atoms with Gasteiger partial charge in [0.1, 0.15) is 11.5 Å². The van der Waals surface area contributed by atoms with Gasteiger partial charge in [0.15, 0.2) is 0 Å². The maximum atomic E-state index is 13.0. The fourth-order valence-corrected chi connectivity index (χ4v) is 4.13. The van der Waals surface area contributed by atoms with Crippen molar-refractivity contribution >= 4 is 33.2 Å². The standard InChI is InChI=1S/C22H29ClN2O5S/c1-14-7-8-15(11-16(14)21(26)24-10-9-22(2,3)4)31(27,28)25-18-12-17(23)19(29-5)13-20(18)30-6/h7-8,11-13,25H,9-10H2,1-6H3,(H,24,26).